The predicted molar refractivity (Wildman–Crippen MR) is 132 cm³/mol. The van der Waals surface area contributed by atoms with Crippen LogP contribution in [0.5, 0.6) is 17.2 Å². The first-order chi connectivity index (χ1) is 16.0. The summed E-state index contributed by atoms with van der Waals surface area (Å²) >= 11 is 1.61. The fourth-order valence-electron chi connectivity index (χ4n) is 4.29. The summed E-state index contributed by atoms with van der Waals surface area (Å²) in [6, 6.07) is 16.0. The Labute approximate surface area is 199 Å². The number of amides is 1. The zero-order valence-corrected chi connectivity index (χ0v) is 20.5. The molecule has 1 atom stereocenters. The molecule has 4 rings (SSSR count). The number of rotatable bonds is 8. The lowest BCUT2D eigenvalue weighted by molar-refractivity contribution is -0.134. The van der Waals surface area contributed by atoms with Gasteiger partial charge in [0, 0.05) is 11.4 Å². The van der Waals surface area contributed by atoms with E-state index in [1.807, 2.05) is 46.7 Å². The van der Waals surface area contributed by atoms with Crippen molar-refractivity contribution in [2.24, 2.45) is 0 Å². The number of fused-ring (bicyclic) bond motifs is 1. The largest absolute Gasteiger partial charge is 0.493 e. The lowest BCUT2D eigenvalue weighted by Crippen LogP contribution is -2.43. The van der Waals surface area contributed by atoms with Crippen molar-refractivity contribution >= 4 is 17.2 Å². The molecule has 0 N–H and O–H groups in total. The van der Waals surface area contributed by atoms with Crippen molar-refractivity contribution in [3.8, 4) is 17.2 Å². The molecule has 1 aliphatic heterocycles. The Morgan fingerprint density at radius 1 is 1.09 bits per heavy atom. The summed E-state index contributed by atoms with van der Waals surface area (Å²) in [7, 11) is 3.28. The van der Waals surface area contributed by atoms with Crippen LogP contribution in [0, 0.1) is 0 Å². The Morgan fingerprint density at radius 2 is 1.82 bits per heavy atom. The van der Waals surface area contributed by atoms with Gasteiger partial charge in [-0.05, 0) is 64.7 Å². The van der Waals surface area contributed by atoms with E-state index in [1.165, 1.54) is 5.56 Å². The quantitative estimate of drug-likeness (QED) is 0.432. The molecule has 33 heavy (non-hydrogen) atoms. The van der Waals surface area contributed by atoms with Crippen LogP contribution in [0.2, 0.25) is 0 Å². The van der Waals surface area contributed by atoms with Gasteiger partial charge in [0.15, 0.2) is 11.5 Å². The van der Waals surface area contributed by atoms with E-state index in [0.717, 1.165) is 28.2 Å². The van der Waals surface area contributed by atoms with E-state index in [9.17, 15) is 4.79 Å². The molecule has 0 saturated heterocycles. The Hall–Kier alpha value is -2.99. The van der Waals surface area contributed by atoms with E-state index >= 15 is 0 Å². The molecular weight excluding hydrogens is 434 g/mol. The molecular formula is C27H31NO4S. The number of nitrogens with zero attached hydrogens (tertiary/aromatic N) is 1. The first-order valence-electron chi connectivity index (χ1n) is 11.3. The van der Waals surface area contributed by atoms with Crippen LogP contribution in [0.25, 0.3) is 0 Å². The molecule has 6 heteroatoms. The second-order valence-electron chi connectivity index (χ2n) is 8.55. The third kappa shape index (κ3) is 5.17. The van der Waals surface area contributed by atoms with Gasteiger partial charge in [-0.15, -0.1) is 11.3 Å². The summed E-state index contributed by atoms with van der Waals surface area (Å²) in [5, 5.41) is 2.01. The van der Waals surface area contributed by atoms with Crippen molar-refractivity contribution in [1.82, 2.24) is 4.90 Å². The van der Waals surface area contributed by atoms with Gasteiger partial charge in [-0.3, -0.25) is 4.79 Å². The number of carbonyl (C=O) groups excluding carboxylic acids is 1. The highest BCUT2D eigenvalue weighted by atomic mass is 32.1. The average molecular weight is 466 g/mol. The van der Waals surface area contributed by atoms with Gasteiger partial charge in [0.05, 0.1) is 26.7 Å². The van der Waals surface area contributed by atoms with E-state index in [4.69, 9.17) is 14.2 Å². The van der Waals surface area contributed by atoms with Gasteiger partial charge >= 0.3 is 0 Å². The van der Waals surface area contributed by atoms with Crippen LogP contribution >= 0.6 is 11.3 Å². The molecule has 0 aliphatic carbocycles. The molecule has 0 fully saturated rings. The molecule has 1 aliphatic rings. The van der Waals surface area contributed by atoms with Crippen LogP contribution in [0.1, 0.15) is 47.4 Å². The summed E-state index contributed by atoms with van der Waals surface area (Å²) in [5.74, 6) is 2.75. The maximum atomic E-state index is 13.3. The minimum Gasteiger partial charge on any atom is -0.493 e. The maximum absolute atomic E-state index is 13.3. The Morgan fingerprint density at radius 3 is 2.45 bits per heavy atom. The monoisotopic (exact) mass is 465 g/mol. The van der Waals surface area contributed by atoms with E-state index in [-0.39, 0.29) is 11.9 Å². The van der Waals surface area contributed by atoms with Crippen molar-refractivity contribution in [2.45, 2.75) is 38.6 Å². The summed E-state index contributed by atoms with van der Waals surface area (Å²) in [4.78, 5) is 16.3. The molecule has 0 bridgehead atoms. The second kappa shape index (κ2) is 10.3. The van der Waals surface area contributed by atoms with Gasteiger partial charge in [0.2, 0.25) is 5.91 Å². The molecule has 3 aromatic rings. The van der Waals surface area contributed by atoms with E-state index in [0.29, 0.717) is 37.0 Å². The predicted octanol–water partition coefficient (Wildman–Crippen LogP) is 5.64. The van der Waals surface area contributed by atoms with Crippen molar-refractivity contribution < 1.29 is 19.0 Å². The number of hydrogen-bond acceptors (Lipinski definition) is 5. The van der Waals surface area contributed by atoms with E-state index in [2.05, 4.69) is 26.0 Å². The molecule has 0 saturated carbocycles. The molecule has 2 aromatic carbocycles. The second-order valence-corrected chi connectivity index (χ2v) is 9.58. The van der Waals surface area contributed by atoms with Crippen LogP contribution in [0.4, 0.5) is 0 Å². The van der Waals surface area contributed by atoms with Crippen molar-refractivity contribution in [1.29, 1.82) is 0 Å². The standard InChI is InChI=1S/C27H31NO4S/c1-18(2)19-7-9-21(10-8-19)32-17-24-23-16-26(31-4)25(30-3)14-20(23)11-12-28(24)27(29)15-22-6-5-13-33-22/h5-10,13-14,16,18,24H,11-12,15,17H2,1-4H3/t24-/m0/s1. The first-order valence-corrected chi connectivity index (χ1v) is 12.2. The average Bonchev–Trinajstić information content (AvgIpc) is 3.34. The topological polar surface area (TPSA) is 48.0 Å². The highest BCUT2D eigenvalue weighted by molar-refractivity contribution is 7.10. The smallest absolute Gasteiger partial charge is 0.228 e. The highest BCUT2D eigenvalue weighted by Gasteiger charge is 2.33. The zero-order valence-electron chi connectivity index (χ0n) is 19.7. The van der Waals surface area contributed by atoms with E-state index in [1.54, 1.807) is 25.6 Å². The third-order valence-electron chi connectivity index (χ3n) is 6.18. The van der Waals surface area contributed by atoms with Crippen LogP contribution in [0.15, 0.2) is 53.9 Å². The molecule has 1 amide bonds. The number of methoxy groups -OCH3 is 2. The summed E-state index contributed by atoms with van der Waals surface area (Å²) in [6.07, 6.45) is 1.17. The molecule has 5 nitrogen and oxygen atoms in total. The number of ether oxygens (including phenoxy) is 3. The molecule has 1 aromatic heterocycles. The maximum Gasteiger partial charge on any atom is 0.228 e. The molecule has 174 valence electrons. The minimum atomic E-state index is -0.203. The van der Waals surface area contributed by atoms with Gasteiger partial charge in [0.25, 0.3) is 0 Å². The number of benzene rings is 2. The van der Waals surface area contributed by atoms with Crippen LogP contribution in [-0.2, 0) is 17.6 Å². The van der Waals surface area contributed by atoms with Gasteiger partial charge in [0.1, 0.15) is 12.4 Å². The van der Waals surface area contributed by atoms with Crippen molar-refractivity contribution in [3.05, 3.63) is 75.5 Å². The molecule has 0 unspecified atom stereocenters. The van der Waals surface area contributed by atoms with Gasteiger partial charge in [-0.25, -0.2) is 0 Å². The van der Waals surface area contributed by atoms with E-state index < -0.39 is 0 Å². The molecule has 0 radical (unpaired) electrons. The third-order valence-corrected chi connectivity index (χ3v) is 7.06. The van der Waals surface area contributed by atoms with Crippen LogP contribution in [0.3, 0.4) is 0 Å². The fourth-order valence-corrected chi connectivity index (χ4v) is 4.99. The summed E-state index contributed by atoms with van der Waals surface area (Å²) in [5.41, 5.74) is 3.49. The number of thiophene rings is 1. The molecule has 2 heterocycles. The number of carbonyl (C=O) groups is 1. The lowest BCUT2D eigenvalue weighted by Gasteiger charge is -2.37. The Balaban J connectivity index is 1.62. The van der Waals surface area contributed by atoms with Gasteiger partial charge in [-0.2, -0.15) is 0 Å². The highest BCUT2D eigenvalue weighted by Crippen LogP contribution is 2.38. The van der Waals surface area contributed by atoms with Gasteiger partial charge < -0.3 is 19.1 Å². The first kappa shape index (κ1) is 23.2. The normalized spacial score (nSPS) is 15.3. The van der Waals surface area contributed by atoms with Gasteiger partial charge in [-0.1, -0.05) is 32.0 Å². The minimum absolute atomic E-state index is 0.113. The van der Waals surface area contributed by atoms with Crippen LogP contribution < -0.4 is 14.2 Å². The van der Waals surface area contributed by atoms with Crippen LogP contribution in [-0.4, -0.2) is 38.2 Å². The Bertz CT molecular complexity index is 1080. The summed E-state index contributed by atoms with van der Waals surface area (Å²) in [6.45, 7) is 5.37. The SMILES string of the molecule is COc1cc2c(cc1OC)[C@H](COc1ccc(C(C)C)cc1)N(C(=O)Cc1cccs1)CC2. The number of hydrogen-bond donors (Lipinski definition) is 0. The Kier molecular flexibility index (Phi) is 7.23. The van der Waals surface area contributed by atoms with Crippen molar-refractivity contribution in [2.75, 3.05) is 27.4 Å². The summed E-state index contributed by atoms with van der Waals surface area (Å²) < 4.78 is 17.3. The lowest BCUT2D eigenvalue weighted by atomic mass is 9.91. The fraction of sp³-hybridized carbons (Fsp3) is 0.370. The molecule has 0 spiro atoms. The van der Waals surface area contributed by atoms with Crippen molar-refractivity contribution in [3.63, 3.8) is 0 Å². The zero-order chi connectivity index (χ0) is 23.4.